The Morgan fingerprint density at radius 1 is 1.05 bits per heavy atom. The molecule has 188 valence electrons. The van der Waals surface area contributed by atoms with Crippen LogP contribution in [-0.4, -0.2) is 25.0 Å². The molecule has 0 radical (unpaired) electrons. The van der Waals surface area contributed by atoms with Gasteiger partial charge in [-0.2, -0.15) is 0 Å². The van der Waals surface area contributed by atoms with E-state index in [1.54, 1.807) is 54.6 Å². The Morgan fingerprint density at radius 2 is 1.76 bits per heavy atom. The second kappa shape index (κ2) is 11.2. The third kappa shape index (κ3) is 5.78. The number of hydrogen-bond acceptors (Lipinski definition) is 5. The maximum Gasteiger partial charge on any atom is 0.335 e. The molecule has 0 aliphatic carbocycles. The number of nitrogens with one attached hydrogen (secondary N) is 1. The number of carbonyl (C=O) groups is 3. The van der Waals surface area contributed by atoms with Crippen LogP contribution in [0.1, 0.15) is 16.7 Å². The van der Waals surface area contributed by atoms with Crippen molar-refractivity contribution >= 4 is 45.5 Å². The molecule has 1 fully saturated rings. The number of carbonyl (C=O) groups excluding carboxylic acids is 3. The lowest BCUT2D eigenvalue weighted by Crippen LogP contribution is -2.54. The van der Waals surface area contributed by atoms with Gasteiger partial charge >= 0.3 is 6.03 Å². The van der Waals surface area contributed by atoms with Gasteiger partial charge in [-0.15, -0.1) is 6.58 Å². The molecule has 0 atom stereocenters. The molecule has 0 unspecified atom stereocenters. The van der Waals surface area contributed by atoms with Crippen molar-refractivity contribution in [1.29, 1.82) is 0 Å². The van der Waals surface area contributed by atoms with Crippen molar-refractivity contribution in [2.24, 2.45) is 0 Å². The van der Waals surface area contributed by atoms with Crippen molar-refractivity contribution in [3.8, 4) is 11.5 Å². The minimum Gasteiger partial charge on any atom is -0.493 e. The molecule has 7 nitrogen and oxygen atoms in total. The Bertz CT molecular complexity index is 1400. The summed E-state index contributed by atoms with van der Waals surface area (Å²) in [6, 6.07) is 15.1. The first-order chi connectivity index (χ1) is 17.8. The van der Waals surface area contributed by atoms with Crippen LogP contribution in [0.25, 0.3) is 6.08 Å². The van der Waals surface area contributed by atoms with Gasteiger partial charge in [-0.05, 0) is 72.2 Å². The van der Waals surface area contributed by atoms with Crippen molar-refractivity contribution < 1.29 is 28.2 Å². The first-order valence-corrected chi connectivity index (χ1v) is 12.0. The highest BCUT2D eigenvalue weighted by Crippen LogP contribution is 2.35. The zero-order valence-corrected chi connectivity index (χ0v) is 21.4. The van der Waals surface area contributed by atoms with E-state index in [9.17, 15) is 18.8 Å². The number of rotatable bonds is 8. The molecule has 3 aromatic rings. The van der Waals surface area contributed by atoms with Gasteiger partial charge in [0, 0.05) is 10.0 Å². The van der Waals surface area contributed by atoms with Gasteiger partial charge in [-0.25, -0.2) is 14.1 Å². The van der Waals surface area contributed by atoms with Crippen LogP contribution in [0.2, 0.25) is 0 Å². The first-order valence-electron chi connectivity index (χ1n) is 11.2. The molecule has 9 heteroatoms. The third-order valence-corrected chi connectivity index (χ3v) is 6.06. The molecule has 1 N–H and O–H groups in total. The molecule has 0 aromatic heterocycles. The fourth-order valence-corrected chi connectivity index (χ4v) is 4.04. The molecule has 4 amide bonds. The van der Waals surface area contributed by atoms with Crippen molar-refractivity contribution in [2.45, 2.75) is 13.0 Å². The summed E-state index contributed by atoms with van der Waals surface area (Å²) >= 11 is 3.32. The second-order valence-corrected chi connectivity index (χ2v) is 8.97. The SMILES string of the molecule is C=CCc1cc(/C=C2\C(=O)NC(=O)N(c3ccc(Br)cc3)C2=O)cc(OC)c1OCc1ccc(F)cc1. The van der Waals surface area contributed by atoms with E-state index < -0.39 is 17.8 Å². The first kappa shape index (κ1) is 25.8. The lowest BCUT2D eigenvalue weighted by atomic mass is 10.0. The largest absolute Gasteiger partial charge is 0.493 e. The molecule has 1 aliphatic heterocycles. The van der Waals surface area contributed by atoms with Crippen LogP contribution in [0.15, 0.2) is 83.4 Å². The zero-order chi connectivity index (χ0) is 26.5. The van der Waals surface area contributed by atoms with E-state index in [4.69, 9.17) is 9.47 Å². The predicted octanol–water partition coefficient (Wildman–Crippen LogP) is 5.57. The quantitative estimate of drug-likeness (QED) is 0.219. The van der Waals surface area contributed by atoms with Crippen LogP contribution < -0.4 is 19.7 Å². The molecular formula is C28H22BrFN2O5. The lowest BCUT2D eigenvalue weighted by molar-refractivity contribution is -0.122. The Labute approximate surface area is 221 Å². The number of anilines is 1. The molecule has 1 aliphatic rings. The maximum absolute atomic E-state index is 13.2. The highest BCUT2D eigenvalue weighted by Gasteiger charge is 2.36. The lowest BCUT2D eigenvalue weighted by Gasteiger charge is -2.26. The van der Waals surface area contributed by atoms with Gasteiger partial charge in [-0.1, -0.05) is 34.1 Å². The summed E-state index contributed by atoms with van der Waals surface area (Å²) in [6.45, 7) is 3.96. The third-order valence-electron chi connectivity index (χ3n) is 5.53. The summed E-state index contributed by atoms with van der Waals surface area (Å²) in [5, 5.41) is 2.21. The summed E-state index contributed by atoms with van der Waals surface area (Å²) in [5.41, 5.74) is 2.06. The van der Waals surface area contributed by atoms with Gasteiger partial charge in [-0.3, -0.25) is 14.9 Å². The Kier molecular flexibility index (Phi) is 7.83. The molecule has 0 spiro atoms. The van der Waals surface area contributed by atoms with Crippen LogP contribution in [0.5, 0.6) is 11.5 Å². The fourth-order valence-electron chi connectivity index (χ4n) is 3.77. The number of allylic oxidation sites excluding steroid dienone is 1. The van der Waals surface area contributed by atoms with Gasteiger partial charge in [0.1, 0.15) is 18.0 Å². The summed E-state index contributed by atoms with van der Waals surface area (Å²) in [6.07, 6.45) is 3.49. The van der Waals surface area contributed by atoms with Gasteiger partial charge in [0.25, 0.3) is 11.8 Å². The van der Waals surface area contributed by atoms with Crippen LogP contribution >= 0.6 is 15.9 Å². The second-order valence-electron chi connectivity index (χ2n) is 8.05. The van der Waals surface area contributed by atoms with E-state index in [0.717, 1.165) is 14.9 Å². The number of nitrogens with zero attached hydrogens (tertiary/aromatic N) is 1. The van der Waals surface area contributed by atoms with Crippen molar-refractivity contribution in [2.75, 3.05) is 12.0 Å². The number of barbiturate groups is 1. The Morgan fingerprint density at radius 3 is 2.41 bits per heavy atom. The van der Waals surface area contributed by atoms with E-state index in [1.807, 2.05) is 0 Å². The average Bonchev–Trinajstić information content (AvgIpc) is 2.88. The number of hydrogen-bond donors (Lipinski definition) is 1. The highest BCUT2D eigenvalue weighted by atomic mass is 79.9. The monoisotopic (exact) mass is 564 g/mol. The normalized spacial score (nSPS) is 14.5. The van der Waals surface area contributed by atoms with Gasteiger partial charge in [0.15, 0.2) is 11.5 Å². The number of methoxy groups -OCH3 is 1. The Balaban J connectivity index is 1.69. The van der Waals surface area contributed by atoms with E-state index in [1.165, 1.54) is 25.3 Å². The van der Waals surface area contributed by atoms with E-state index in [2.05, 4.69) is 27.8 Å². The highest BCUT2D eigenvalue weighted by molar-refractivity contribution is 9.10. The fraction of sp³-hybridized carbons (Fsp3) is 0.107. The predicted molar refractivity (Wildman–Crippen MR) is 141 cm³/mol. The summed E-state index contributed by atoms with van der Waals surface area (Å²) in [5.74, 6) is -1.06. The minimum absolute atomic E-state index is 0.173. The average molecular weight is 565 g/mol. The summed E-state index contributed by atoms with van der Waals surface area (Å²) in [4.78, 5) is 39.2. The summed E-state index contributed by atoms with van der Waals surface area (Å²) in [7, 11) is 1.47. The number of benzene rings is 3. The molecule has 1 heterocycles. The van der Waals surface area contributed by atoms with Crippen molar-refractivity contribution in [3.63, 3.8) is 0 Å². The Hall–Kier alpha value is -4.24. The van der Waals surface area contributed by atoms with E-state index in [0.29, 0.717) is 34.7 Å². The van der Waals surface area contributed by atoms with Gasteiger partial charge in [0.05, 0.1) is 12.8 Å². The topological polar surface area (TPSA) is 84.9 Å². The molecule has 0 saturated carbocycles. The zero-order valence-electron chi connectivity index (χ0n) is 19.8. The number of imide groups is 2. The number of halogens is 2. The number of ether oxygens (including phenoxy) is 2. The number of amides is 4. The van der Waals surface area contributed by atoms with E-state index in [-0.39, 0.29) is 18.0 Å². The molecule has 1 saturated heterocycles. The molecule has 3 aromatic carbocycles. The molecular weight excluding hydrogens is 543 g/mol. The van der Waals surface area contributed by atoms with Crippen LogP contribution in [0.4, 0.5) is 14.9 Å². The van der Waals surface area contributed by atoms with Gasteiger partial charge in [0.2, 0.25) is 0 Å². The molecule has 0 bridgehead atoms. The maximum atomic E-state index is 13.2. The van der Waals surface area contributed by atoms with Crippen LogP contribution in [-0.2, 0) is 22.6 Å². The van der Waals surface area contributed by atoms with Gasteiger partial charge < -0.3 is 9.47 Å². The van der Waals surface area contributed by atoms with E-state index >= 15 is 0 Å². The molecule has 4 rings (SSSR count). The smallest absolute Gasteiger partial charge is 0.335 e. The minimum atomic E-state index is -0.830. The summed E-state index contributed by atoms with van der Waals surface area (Å²) < 4.78 is 25.5. The molecule has 37 heavy (non-hydrogen) atoms. The standard InChI is InChI=1S/C28H22BrFN2O5/c1-3-4-19-13-18(15-24(36-2)25(19)37-16-17-5-9-21(30)10-6-17)14-23-26(33)31-28(35)32(27(23)34)22-11-7-20(29)8-12-22/h3,5-15H,1,4,16H2,2H3,(H,31,33,35)/b23-14+. The van der Waals surface area contributed by atoms with Crippen molar-refractivity contribution in [3.05, 3.63) is 106 Å². The number of urea groups is 1. The van der Waals surface area contributed by atoms with Crippen molar-refractivity contribution in [1.82, 2.24) is 5.32 Å². The van der Waals surface area contributed by atoms with Crippen LogP contribution in [0, 0.1) is 5.82 Å². The van der Waals surface area contributed by atoms with Crippen LogP contribution in [0.3, 0.4) is 0 Å².